The summed E-state index contributed by atoms with van der Waals surface area (Å²) in [6, 6.07) is 0. The molecular formula is C12H19N3O2. The SMILES string of the molecule is COC1(Cn2cnc3c2CCNC3)CCOC1. The van der Waals surface area contributed by atoms with E-state index in [9.17, 15) is 0 Å². The summed E-state index contributed by atoms with van der Waals surface area (Å²) < 4.78 is 13.4. The number of rotatable bonds is 3. The first-order chi connectivity index (χ1) is 8.33. The molecule has 0 saturated carbocycles. The number of hydrogen-bond acceptors (Lipinski definition) is 4. The first kappa shape index (κ1) is 11.2. The minimum atomic E-state index is -0.153. The Balaban J connectivity index is 1.82. The fraction of sp³-hybridized carbons (Fsp3) is 0.750. The number of methoxy groups -OCH3 is 1. The molecule has 1 aromatic rings. The van der Waals surface area contributed by atoms with Crippen molar-refractivity contribution in [3.8, 4) is 0 Å². The summed E-state index contributed by atoms with van der Waals surface area (Å²) in [5, 5.41) is 3.34. The number of hydrogen-bond donors (Lipinski definition) is 1. The van der Waals surface area contributed by atoms with Crippen molar-refractivity contribution in [3.63, 3.8) is 0 Å². The summed E-state index contributed by atoms with van der Waals surface area (Å²) in [4.78, 5) is 4.47. The van der Waals surface area contributed by atoms with Crippen LogP contribution in [0.5, 0.6) is 0 Å². The number of ether oxygens (including phenoxy) is 2. The van der Waals surface area contributed by atoms with Crippen LogP contribution in [0.15, 0.2) is 6.33 Å². The van der Waals surface area contributed by atoms with E-state index in [0.717, 1.165) is 39.1 Å². The number of nitrogens with zero attached hydrogens (tertiary/aromatic N) is 2. The minimum Gasteiger partial charge on any atom is -0.378 e. The summed E-state index contributed by atoms with van der Waals surface area (Å²) in [5.41, 5.74) is 2.38. The fourth-order valence-corrected chi connectivity index (χ4v) is 2.68. The molecule has 1 N–H and O–H groups in total. The van der Waals surface area contributed by atoms with Crippen molar-refractivity contribution in [2.24, 2.45) is 0 Å². The number of nitrogens with one attached hydrogen (secondary N) is 1. The second-order valence-corrected chi connectivity index (χ2v) is 4.88. The summed E-state index contributed by atoms with van der Waals surface area (Å²) in [6.07, 6.45) is 3.96. The second-order valence-electron chi connectivity index (χ2n) is 4.88. The molecule has 1 aromatic heterocycles. The fourth-order valence-electron chi connectivity index (χ4n) is 2.68. The van der Waals surface area contributed by atoms with Crippen molar-refractivity contribution in [2.45, 2.75) is 31.5 Å². The zero-order valence-electron chi connectivity index (χ0n) is 10.2. The Kier molecular flexibility index (Phi) is 2.90. The van der Waals surface area contributed by atoms with Crippen LogP contribution in [0.3, 0.4) is 0 Å². The maximum atomic E-state index is 5.67. The summed E-state index contributed by atoms with van der Waals surface area (Å²) >= 11 is 0. The topological polar surface area (TPSA) is 48.3 Å². The van der Waals surface area contributed by atoms with Crippen molar-refractivity contribution in [2.75, 3.05) is 26.9 Å². The molecule has 5 heteroatoms. The van der Waals surface area contributed by atoms with Crippen molar-refractivity contribution < 1.29 is 9.47 Å². The van der Waals surface area contributed by atoms with Gasteiger partial charge < -0.3 is 19.4 Å². The van der Waals surface area contributed by atoms with E-state index in [-0.39, 0.29) is 5.60 Å². The van der Waals surface area contributed by atoms with Gasteiger partial charge >= 0.3 is 0 Å². The first-order valence-corrected chi connectivity index (χ1v) is 6.19. The molecule has 2 aliphatic rings. The molecule has 3 heterocycles. The molecule has 17 heavy (non-hydrogen) atoms. The van der Waals surface area contributed by atoms with Gasteiger partial charge in [-0.25, -0.2) is 4.98 Å². The Hall–Kier alpha value is -0.910. The van der Waals surface area contributed by atoms with Crippen LogP contribution >= 0.6 is 0 Å². The number of fused-ring (bicyclic) bond motifs is 1. The van der Waals surface area contributed by atoms with Gasteiger partial charge in [0.25, 0.3) is 0 Å². The highest BCUT2D eigenvalue weighted by Gasteiger charge is 2.36. The normalized spacial score (nSPS) is 28.3. The highest BCUT2D eigenvalue weighted by atomic mass is 16.5. The number of imidazole rings is 1. The van der Waals surface area contributed by atoms with Gasteiger partial charge in [0.15, 0.2) is 0 Å². The maximum Gasteiger partial charge on any atom is 0.111 e. The Labute approximate surface area is 101 Å². The highest BCUT2D eigenvalue weighted by molar-refractivity contribution is 5.16. The molecule has 0 spiro atoms. The van der Waals surface area contributed by atoms with Crippen LogP contribution in [0.1, 0.15) is 17.8 Å². The van der Waals surface area contributed by atoms with Gasteiger partial charge in [0, 0.05) is 45.3 Å². The average Bonchev–Trinajstić information content (AvgIpc) is 2.99. The van der Waals surface area contributed by atoms with Crippen LogP contribution in [0, 0.1) is 0 Å². The smallest absolute Gasteiger partial charge is 0.111 e. The Morgan fingerprint density at radius 1 is 1.65 bits per heavy atom. The van der Waals surface area contributed by atoms with E-state index in [4.69, 9.17) is 9.47 Å². The highest BCUT2D eigenvalue weighted by Crippen LogP contribution is 2.26. The van der Waals surface area contributed by atoms with Crippen molar-refractivity contribution >= 4 is 0 Å². The standard InChI is InChI=1S/C12H19N3O2/c1-16-12(3-5-17-8-12)7-15-9-14-10-6-13-4-2-11(10)15/h9,13H,2-8H2,1H3. The lowest BCUT2D eigenvalue weighted by Crippen LogP contribution is -2.38. The van der Waals surface area contributed by atoms with Gasteiger partial charge in [-0.15, -0.1) is 0 Å². The predicted octanol–water partition coefficient (Wildman–Crippen LogP) is 0.334. The summed E-state index contributed by atoms with van der Waals surface area (Å²) in [6.45, 7) is 4.26. The van der Waals surface area contributed by atoms with Crippen LogP contribution in [-0.4, -0.2) is 42.0 Å². The number of aromatic nitrogens is 2. The monoisotopic (exact) mass is 237 g/mol. The third-order valence-electron chi connectivity index (χ3n) is 3.82. The van der Waals surface area contributed by atoms with E-state index >= 15 is 0 Å². The van der Waals surface area contributed by atoms with Crippen molar-refractivity contribution in [1.29, 1.82) is 0 Å². The van der Waals surface area contributed by atoms with Crippen LogP contribution in [0.25, 0.3) is 0 Å². The quantitative estimate of drug-likeness (QED) is 0.823. The Bertz CT molecular complexity index is 396. The molecular weight excluding hydrogens is 218 g/mol. The van der Waals surface area contributed by atoms with Gasteiger partial charge in [0.05, 0.1) is 25.2 Å². The average molecular weight is 237 g/mol. The van der Waals surface area contributed by atoms with Gasteiger partial charge in [0.2, 0.25) is 0 Å². The van der Waals surface area contributed by atoms with Crippen LogP contribution < -0.4 is 5.32 Å². The van der Waals surface area contributed by atoms with Crippen LogP contribution in [0.2, 0.25) is 0 Å². The molecule has 0 amide bonds. The largest absolute Gasteiger partial charge is 0.378 e. The molecule has 0 radical (unpaired) electrons. The maximum absolute atomic E-state index is 5.67. The van der Waals surface area contributed by atoms with Crippen LogP contribution in [-0.2, 0) is 29.0 Å². The van der Waals surface area contributed by atoms with Gasteiger partial charge in [-0.05, 0) is 0 Å². The first-order valence-electron chi connectivity index (χ1n) is 6.19. The molecule has 1 saturated heterocycles. The molecule has 0 aliphatic carbocycles. The Morgan fingerprint density at radius 3 is 3.35 bits per heavy atom. The van der Waals surface area contributed by atoms with Gasteiger partial charge in [-0.1, -0.05) is 0 Å². The molecule has 2 aliphatic heterocycles. The van der Waals surface area contributed by atoms with Crippen molar-refractivity contribution in [3.05, 3.63) is 17.7 Å². The lowest BCUT2D eigenvalue weighted by atomic mass is 10.0. The molecule has 0 aromatic carbocycles. The Morgan fingerprint density at radius 2 is 2.59 bits per heavy atom. The van der Waals surface area contributed by atoms with E-state index < -0.39 is 0 Å². The van der Waals surface area contributed by atoms with E-state index in [1.807, 2.05) is 6.33 Å². The second kappa shape index (κ2) is 4.40. The van der Waals surface area contributed by atoms with E-state index in [1.54, 1.807) is 7.11 Å². The lowest BCUT2D eigenvalue weighted by molar-refractivity contribution is -0.0300. The van der Waals surface area contributed by atoms with E-state index in [0.29, 0.717) is 6.61 Å². The molecule has 1 unspecified atom stereocenters. The summed E-state index contributed by atoms with van der Waals surface area (Å²) in [7, 11) is 1.78. The molecule has 94 valence electrons. The van der Waals surface area contributed by atoms with Crippen molar-refractivity contribution in [1.82, 2.24) is 14.9 Å². The van der Waals surface area contributed by atoms with E-state index in [1.165, 1.54) is 11.4 Å². The lowest BCUT2D eigenvalue weighted by Gasteiger charge is -2.27. The zero-order chi connectivity index (χ0) is 11.7. The van der Waals surface area contributed by atoms with E-state index in [2.05, 4.69) is 14.9 Å². The van der Waals surface area contributed by atoms with Gasteiger partial charge in [-0.2, -0.15) is 0 Å². The molecule has 5 nitrogen and oxygen atoms in total. The van der Waals surface area contributed by atoms with Gasteiger partial charge in [0.1, 0.15) is 5.60 Å². The third-order valence-corrected chi connectivity index (χ3v) is 3.82. The third kappa shape index (κ3) is 1.99. The summed E-state index contributed by atoms with van der Waals surface area (Å²) in [5.74, 6) is 0. The van der Waals surface area contributed by atoms with Gasteiger partial charge in [-0.3, -0.25) is 0 Å². The molecule has 1 atom stereocenters. The zero-order valence-corrected chi connectivity index (χ0v) is 10.2. The predicted molar refractivity (Wildman–Crippen MR) is 62.8 cm³/mol. The molecule has 1 fully saturated rings. The minimum absolute atomic E-state index is 0.153. The molecule has 0 bridgehead atoms. The molecule has 3 rings (SSSR count). The van der Waals surface area contributed by atoms with Crippen LogP contribution in [0.4, 0.5) is 0 Å².